The highest BCUT2D eigenvalue weighted by atomic mass is 35.5. The predicted octanol–water partition coefficient (Wildman–Crippen LogP) is 3.31. The summed E-state index contributed by atoms with van der Waals surface area (Å²) in [7, 11) is -2.94. The van der Waals surface area contributed by atoms with Gasteiger partial charge in [0.05, 0.1) is 21.6 Å². The minimum atomic E-state index is -2.94. The van der Waals surface area contributed by atoms with Gasteiger partial charge in [-0.15, -0.1) is 0 Å². The van der Waals surface area contributed by atoms with E-state index in [-0.39, 0.29) is 29.4 Å². The lowest BCUT2D eigenvalue weighted by Gasteiger charge is -2.24. The van der Waals surface area contributed by atoms with E-state index in [2.05, 4.69) is 0 Å². The van der Waals surface area contributed by atoms with Crippen molar-refractivity contribution in [3.05, 3.63) is 33.8 Å². The van der Waals surface area contributed by atoms with Gasteiger partial charge in [-0.25, -0.2) is 8.42 Å². The Morgan fingerprint density at radius 3 is 2.48 bits per heavy atom. The largest absolute Gasteiger partial charge is 0.335 e. The van der Waals surface area contributed by atoms with Crippen molar-refractivity contribution >= 4 is 38.9 Å². The van der Waals surface area contributed by atoms with Gasteiger partial charge in [0, 0.05) is 19.0 Å². The molecule has 0 spiro atoms. The summed E-state index contributed by atoms with van der Waals surface area (Å²) in [5.41, 5.74) is 0.943. The predicted molar refractivity (Wildman–Crippen MR) is 91.4 cm³/mol. The molecule has 2 fully saturated rings. The maximum atomic E-state index is 12.6. The Kier molecular flexibility index (Phi) is 4.90. The van der Waals surface area contributed by atoms with E-state index in [1.165, 1.54) is 0 Å². The van der Waals surface area contributed by atoms with E-state index < -0.39 is 9.84 Å². The molecule has 1 aromatic carbocycles. The number of nitrogens with zero attached hydrogens (tertiary/aromatic N) is 1. The second-order valence-corrected chi connectivity index (χ2v) is 9.52. The first-order valence-corrected chi connectivity index (χ1v) is 10.4. The zero-order valence-electron chi connectivity index (χ0n) is 12.7. The second kappa shape index (κ2) is 6.61. The molecule has 23 heavy (non-hydrogen) atoms. The summed E-state index contributed by atoms with van der Waals surface area (Å²) in [6.45, 7) is 0.500. The summed E-state index contributed by atoms with van der Waals surface area (Å²) in [5.74, 6) is 0.355. The number of hydrogen-bond acceptors (Lipinski definition) is 3. The Morgan fingerprint density at radius 1 is 1.17 bits per heavy atom. The monoisotopic (exact) mass is 375 g/mol. The van der Waals surface area contributed by atoms with Crippen molar-refractivity contribution in [3.8, 4) is 0 Å². The number of hydrogen-bond donors (Lipinski definition) is 0. The third-order valence-electron chi connectivity index (χ3n) is 4.43. The molecule has 7 heteroatoms. The highest BCUT2D eigenvalue weighted by Crippen LogP contribution is 2.32. The van der Waals surface area contributed by atoms with E-state index in [4.69, 9.17) is 23.2 Å². The van der Waals surface area contributed by atoms with E-state index >= 15 is 0 Å². The van der Waals surface area contributed by atoms with Gasteiger partial charge in [0.1, 0.15) is 0 Å². The summed E-state index contributed by atoms with van der Waals surface area (Å²) < 4.78 is 23.1. The molecule has 4 nitrogen and oxygen atoms in total. The molecule has 1 aliphatic heterocycles. The Labute approximate surface area is 146 Å². The van der Waals surface area contributed by atoms with Crippen LogP contribution in [0.5, 0.6) is 0 Å². The van der Waals surface area contributed by atoms with Crippen LogP contribution in [0.1, 0.15) is 31.2 Å². The normalized spacial score (nSPS) is 23.0. The lowest BCUT2D eigenvalue weighted by Crippen LogP contribution is -2.34. The molecular formula is C16H19Cl2NO3S. The van der Waals surface area contributed by atoms with Crippen molar-refractivity contribution in [2.45, 2.75) is 38.3 Å². The number of rotatable bonds is 5. The third kappa shape index (κ3) is 4.40. The first-order chi connectivity index (χ1) is 10.8. The molecule has 126 valence electrons. The minimum Gasteiger partial charge on any atom is -0.335 e. The third-order valence-corrected chi connectivity index (χ3v) is 7.01. The van der Waals surface area contributed by atoms with Crippen molar-refractivity contribution in [2.24, 2.45) is 5.92 Å². The van der Waals surface area contributed by atoms with Gasteiger partial charge in [0.15, 0.2) is 9.84 Å². The molecule has 3 rings (SSSR count). The Morgan fingerprint density at radius 2 is 1.91 bits per heavy atom. The number of halogens is 2. The van der Waals surface area contributed by atoms with Crippen molar-refractivity contribution in [1.29, 1.82) is 0 Å². The first kappa shape index (κ1) is 17.1. The van der Waals surface area contributed by atoms with Crippen LogP contribution in [0.25, 0.3) is 0 Å². The van der Waals surface area contributed by atoms with Gasteiger partial charge in [0.2, 0.25) is 5.91 Å². The SMILES string of the molecule is O=C(CC1CCS(=O)(=O)C1)N(Cc1ccc(Cl)c(Cl)c1)C1CC1. The molecule has 1 heterocycles. The molecular weight excluding hydrogens is 357 g/mol. The molecule has 1 amide bonds. The van der Waals surface area contributed by atoms with Crippen LogP contribution in [-0.2, 0) is 21.2 Å². The standard InChI is InChI=1S/C16H19Cl2NO3S/c17-14-4-1-11(7-15(14)18)9-19(13-2-3-13)16(20)8-12-5-6-23(21,22)10-12/h1,4,7,12-13H,2-3,5-6,8-10H2. The van der Waals surface area contributed by atoms with Crippen LogP contribution in [0.4, 0.5) is 0 Å². The van der Waals surface area contributed by atoms with E-state index in [1.54, 1.807) is 12.1 Å². The van der Waals surface area contributed by atoms with Crippen LogP contribution in [0.3, 0.4) is 0 Å². The van der Waals surface area contributed by atoms with Crippen LogP contribution >= 0.6 is 23.2 Å². The first-order valence-electron chi connectivity index (χ1n) is 7.78. The van der Waals surface area contributed by atoms with Crippen molar-refractivity contribution in [3.63, 3.8) is 0 Å². The fourth-order valence-corrected chi connectivity index (χ4v) is 5.22. The van der Waals surface area contributed by atoms with Crippen LogP contribution in [-0.4, -0.2) is 36.8 Å². The van der Waals surface area contributed by atoms with Crippen LogP contribution in [0, 0.1) is 5.92 Å². The molecule has 1 saturated carbocycles. The van der Waals surface area contributed by atoms with Crippen LogP contribution in [0.15, 0.2) is 18.2 Å². The van der Waals surface area contributed by atoms with Crippen molar-refractivity contribution in [2.75, 3.05) is 11.5 Å². The van der Waals surface area contributed by atoms with Crippen molar-refractivity contribution in [1.82, 2.24) is 4.90 Å². The molecule has 0 bridgehead atoms. The summed E-state index contributed by atoms with van der Waals surface area (Å²) in [5, 5.41) is 0.977. The fourth-order valence-electron chi connectivity index (χ4n) is 3.04. The van der Waals surface area contributed by atoms with Gasteiger partial charge >= 0.3 is 0 Å². The Bertz CT molecular complexity index is 716. The van der Waals surface area contributed by atoms with E-state index in [1.807, 2.05) is 11.0 Å². The van der Waals surface area contributed by atoms with E-state index in [0.29, 0.717) is 29.4 Å². The second-order valence-electron chi connectivity index (χ2n) is 6.47. The van der Waals surface area contributed by atoms with Gasteiger partial charge in [-0.05, 0) is 42.9 Å². The highest BCUT2D eigenvalue weighted by molar-refractivity contribution is 7.91. The molecule has 2 aliphatic rings. The lowest BCUT2D eigenvalue weighted by molar-refractivity contribution is -0.133. The smallest absolute Gasteiger partial charge is 0.223 e. The van der Waals surface area contributed by atoms with Crippen LogP contribution in [0.2, 0.25) is 10.0 Å². The van der Waals surface area contributed by atoms with Gasteiger partial charge in [-0.3, -0.25) is 4.79 Å². The van der Waals surface area contributed by atoms with Crippen molar-refractivity contribution < 1.29 is 13.2 Å². The topological polar surface area (TPSA) is 54.5 Å². The molecule has 1 aliphatic carbocycles. The van der Waals surface area contributed by atoms with Gasteiger partial charge in [-0.2, -0.15) is 0 Å². The zero-order chi connectivity index (χ0) is 16.6. The number of carbonyl (C=O) groups is 1. The summed E-state index contributed by atoms with van der Waals surface area (Å²) in [4.78, 5) is 14.5. The molecule has 1 saturated heterocycles. The average molecular weight is 376 g/mol. The summed E-state index contributed by atoms with van der Waals surface area (Å²) in [6.07, 6.45) is 2.93. The van der Waals surface area contributed by atoms with Crippen LogP contribution < -0.4 is 0 Å². The number of sulfone groups is 1. The van der Waals surface area contributed by atoms with Gasteiger partial charge in [0.25, 0.3) is 0 Å². The molecule has 0 radical (unpaired) electrons. The summed E-state index contributed by atoms with van der Waals surface area (Å²) >= 11 is 12.0. The quantitative estimate of drug-likeness (QED) is 0.792. The van der Waals surface area contributed by atoms with Gasteiger partial charge in [-0.1, -0.05) is 29.3 Å². The maximum absolute atomic E-state index is 12.6. The highest BCUT2D eigenvalue weighted by Gasteiger charge is 2.36. The molecule has 0 aromatic heterocycles. The average Bonchev–Trinajstić information content (AvgIpc) is 3.25. The molecule has 1 unspecified atom stereocenters. The lowest BCUT2D eigenvalue weighted by atomic mass is 10.0. The van der Waals surface area contributed by atoms with Gasteiger partial charge < -0.3 is 4.90 Å². The minimum absolute atomic E-state index is 0.0393. The fraction of sp³-hybridized carbons (Fsp3) is 0.562. The molecule has 1 aromatic rings. The zero-order valence-corrected chi connectivity index (χ0v) is 15.0. The number of benzene rings is 1. The number of carbonyl (C=O) groups excluding carboxylic acids is 1. The molecule has 1 atom stereocenters. The Balaban J connectivity index is 1.66. The summed E-state index contributed by atoms with van der Waals surface area (Å²) in [6, 6.07) is 5.66. The molecule has 0 N–H and O–H groups in total. The maximum Gasteiger partial charge on any atom is 0.223 e. The Hall–Kier alpha value is -0.780. The van der Waals surface area contributed by atoms with E-state index in [0.717, 1.165) is 18.4 Å². The van der Waals surface area contributed by atoms with E-state index in [9.17, 15) is 13.2 Å². The number of amides is 1.